The molecule has 3 heterocycles. The van der Waals surface area contributed by atoms with Gasteiger partial charge in [-0.1, -0.05) is 30.4 Å². The van der Waals surface area contributed by atoms with E-state index in [-0.39, 0.29) is 0 Å². The van der Waals surface area contributed by atoms with Gasteiger partial charge in [-0.15, -0.1) is 0 Å². The van der Waals surface area contributed by atoms with Crippen LogP contribution in [0.5, 0.6) is 0 Å². The van der Waals surface area contributed by atoms with E-state index in [1.807, 2.05) is 6.07 Å². The van der Waals surface area contributed by atoms with E-state index in [0.29, 0.717) is 5.56 Å². The first-order valence-corrected chi connectivity index (χ1v) is 9.48. The van der Waals surface area contributed by atoms with E-state index in [9.17, 15) is 5.26 Å². The lowest BCUT2D eigenvalue weighted by Crippen LogP contribution is -2.22. The van der Waals surface area contributed by atoms with Gasteiger partial charge in [-0.3, -0.25) is 9.98 Å². The summed E-state index contributed by atoms with van der Waals surface area (Å²) in [6, 6.07) is 11.0. The molecule has 27 heavy (non-hydrogen) atoms. The third kappa shape index (κ3) is 2.86. The van der Waals surface area contributed by atoms with Crippen LogP contribution < -0.4 is 0 Å². The summed E-state index contributed by atoms with van der Waals surface area (Å²) in [7, 11) is 0. The quantitative estimate of drug-likeness (QED) is 0.836. The van der Waals surface area contributed by atoms with E-state index >= 15 is 0 Å². The number of hydrogen-bond donors (Lipinski definition) is 0. The van der Waals surface area contributed by atoms with Crippen LogP contribution in [0.25, 0.3) is 11.6 Å². The van der Waals surface area contributed by atoms with Crippen molar-refractivity contribution in [2.75, 3.05) is 13.1 Å². The highest BCUT2D eigenvalue weighted by Gasteiger charge is 2.24. The molecular weight excluding hydrogens is 332 g/mol. The van der Waals surface area contributed by atoms with Crippen molar-refractivity contribution in [2.24, 2.45) is 4.99 Å². The number of hydrogen-bond acceptors (Lipinski definition) is 4. The third-order valence-electron chi connectivity index (χ3n) is 5.67. The molecule has 4 heteroatoms. The third-order valence-corrected chi connectivity index (χ3v) is 5.67. The number of benzene rings is 1. The highest BCUT2D eigenvalue weighted by molar-refractivity contribution is 5.90. The van der Waals surface area contributed by atoms with Crippen LogP contribution >= 0.6 is 0 Å². The summed E-state index contributed by atoms with van der Waals surface area (Å²) in [6.45, 7) is 1.99. The highest BCUT2D eigenvalue weighted by Crippen LogP contribution is 2.34. The Kier molecular flexibility index (Phi) is 3.86. The molecule has 3 aliphatic rings. The zero-order chi connectivity index (χ0) is 18.2. The molecule has 0 fully saturated rings. The second-order valence-corrected chi connectivity index (χ2v) is 7.26. The molecule has 2 aliphatic heterocycles. The Balaban J connectivity index is 1.34. The van der Waals surface area contributed by atoms with Crippen molar-refractivity contribution < 1.29 is 0 Å². The number of amidine groups is 1. The van der Waals surface area contributed by atoms with Crippen LogP contribution in [0.1, 0.15) is 40.7 Å². The fraction of sp³-hybridized carbons (Fsp3) is 0.261. The van der Waals surface area contributed by atoms with Crippen molar-refractivity contribution in [1.82, 2.24) is 9.88 Å². The average Bonchev–Trinajstić information content (AvgIpc) is 3.41. The van der Waals surface area contributed by atoms with Gasteiger partial charge in [-0.05, 0) is 53.2 Å². The molecule has 0 radical (unpaired) electrons. The molecule has 0 unspecified atom stereocenters. The van der Waals surface area contributed by atoms with E-state index < -0.39 is 0 Å². The summed E-state index contributed by atoms with van der Waals surface area (Å²) < 4.78 is 0. The van der Waals surface area contributed by atoms with Crippen molar-refractivity contribution in [1.29, 1.82) is 5.26 Å². The van der Waals surface area contributed by atoms with E-state index in [0.717, 1.165) is 44.3 Å². The lowest BCUT2D eigenvalue weighted by Gasteiger charge is -2.17. The lowest BCUT2D eigenvalue weighted by molar-refractivity contribution is 0.543. The minimum absolute atomic E-state index is 0.646. The Morgan fingerprint density at radius 1 is 1.19 bits per heavy atom. The van der Waals surface area contributed by atoms with E-state index in [2.05, 4.69) is 51.3 Å². The van der Waals surface area contributed by atoms with Gasteiger partial charge in [0.25, 0.3) is 0 Å². The number of aryl methyl sites for hydroxylation is 1. The van der Waals surface area contributed by atoms with E-state index in [1.165, 1.54) is 33.8 Å². The van der Waals surface area contributed by atoms with E-state index in [1.54, 1.807) is 12.4 Å². The van der Waals surface area contributed by atoms with Gasteiger partial charge in [-0.2, -0.15) is 5.26 Å². The summed E-state index contributed by atoms with van der Waals surface area (Å²) >= 11 is 0. The molecule has 0 bridgehead atoms. The predicted octanol–water partition coefficient (Wildman–Crippen LogP) is 3.98. The molecule has 1 aromatic heterocycles. The maximum Gasteiger partial charge on any atom is 0.107 e. The number of fused-ring (bicyclic) bond motifs is 2. The van der Waals surface area contributed by atoms with Crippen LogP contribution in [-0.4, -0.2) is 28.8 Å². The lowest BCUT2D eigenvalue weighted by atomic mass is 10.00. The fourth-order valence-electron chi connectivity index (χ4n) is 4.28. The normalized spacial score (nSPS) is 17.1. The molecule has 132 valence electrons. The SMILES string of the molecule is N#Cc1cnccc1C1=Cc2cc(CCC3=CCC4=NCCN34)ccc2C1. The largest absolute Gasteiger partial charge is 0.332 e. The molecular formula is C23H20N4. The summed E-state index contributed by atoms with van der Waals surface area (Å²) in [4.78, 5) is 11.0. The standard InChI is InChI=1S/C23H20N4/c24-14-20-15-25-8-7-22(20)19-12-17-3-1-16(11-18(17)13-19)2-4-21-5-6-23-26-9-10-27(21)23/h1,3,5,7-8,11,13,15H,2,4,6,9-10,12H2. The molecule has 0 spiro atoms. The summed E-state index contributed by atoms with van der Waals surface area (Å²) in [5.74, 6) is 1.25. The second-order valence-electron chi connectivity index (χ2n) is 7.26. The molecule has 0 atom stereocenters. The first-order chi connectivity index (χ1) is 13.3. The Bertz CT molecular complexity index is 1050. The molecule has 2 aromatic rings. The number of pyridine rings is 1. The van der Waals surface area contributed by atoms with Crippen molar-refractivity contribution in [3.63, 3.8) is 0 Å². The first kappa shape index (κ1) is 16.0. The number of nitrogens with zero attached hydrogens (tertiary/aromatic N) is 4. The summed E-state index contributed by atoms with van der Waals surface area (Å²) in [6.07, 6.45) is 12.0. The maximum absolute atomic E-state index is 9.34. The molecule has 0 N–H and O–H groups in total. The zero-order valence-electron chi connectivity index (χ0n) is 15.2. The average molecular weight is 352 g/mol. The Morgan fingerprint density at radius 3 is 3.07 bits per heavy atom. The Labute approximate surface area is 159 Å². The molecule has 0 amide bonds. The van der Waals surface area contributed by atoms with Gasteiger partial charge in [0.05, 0.1) is 12.1 Å². The van der Waals surface area contributed by atoms with Crippen LogP contribution in [0.3, 0.4) is 0 Å². The molecule has 5 rings (SSSR count). The zero-order valence-corrected chi connectivity index (χ0v) is 15.2. The molecule has 1 aromatic carbocycles. The smallest absolute Gasteiger partial charge is 0.107 e. The second kappa shape index (κ2) is 6.51. The van der Waals surface area contributed by atoms with E-state index in [4.69, 9.17) is 0 Å². The van der Waals surface area contributed by atoms with Crippen LogP contribution in [0.4, 0.5) is 0 Å². The van der Waals surface area contributed by atoms with Gasteiger partial charge in [0.1, 0.15) is 11.9 Å². The van der Waals surface area contributed by atoms with Gasteiger partial charge in [0.15, 0.2) is 0 Å². The topological polar surface area (TPSA) is 52.3 Å². The molecule has 1 aliphatic carbocycles. The van der Waals surface area contributed by atoms with Crippen LogP contribution in [0, 0.1) is 11.3 Å². The van der Waals surface area contributed by atoms with Gasteiger partial charge >= 0.3 is 0 Å². The van der Waals surface area contributed by atoms with Gasteiger partial charge < -0.3 is 4.90 Å². The molecule has 0 saturated carbocycles. The van der Waals surface area contributed by atoms with Crippen LogP contribution in [0.15, 0.2) is 53.4 Å². The van der Waals surface area contributed by atoms with Gasteiger partial charge in [0.2, 0.25) is 0 Å². The van der Waals surface area contributed by atoms with Crippen molar-refractivity contribution >= 4 is 17.5 Å². The van der Waals surface area contributed by atoms with Gasteiger partial charge in [0, 0.05) is 31.1 Å². The first-order valence-electron chi connectivity index (χ1n) is 9.48. The van der Waals surface area contributed by atoms with Crippen LogP contribution in [-0.2, 0) is 12.8 Å². The summed E-state index contributed by atoms with van der Waals surface area (Å²) in [5, 5.41) is 9.34. The Morgan fingerprint density at radius 2 is 2.15 bits per heavy atom. The highest BCUT2D eigenvalue weighted by atomic mass is 15.3. The number of rotatable bonds is 4. The predicted molar refractivity (Wildman–Crippen MR) is 107 cm³/mol. The van der Waals surface area contributed by atoms with Gasteiger partial charge in [-0.25, -0.2) is 0 Å². The van der Waals surface area contributed by atoms with Crippen LogP contribution in [0.2, 0.25) is 0 Å². The summed E-state index contributed by atoms with van der Waals surface area (Å²) in [5.41, 5.74) is 8.27. The minimum atomic E-state index is 0.646. The maximum atomic E-state index is 9.34. The number of aromatic nitrogens is 1. The molecule has 4 nitrogen and oxygen atoms in total. The Hall–Kier alpha value is -3.19. The number of nitriles is 1. The number of aliphatic imine (C=N–C) groups is 1. The van der Waals surface area contributed by atoms with Crippen molar-refractivity contribution in [3.8, 4) is 6.07 Å². The van der Waals surface area contributed by atoms with Crippen molar-refractivity contribution in [2.45, 2.75) is 25.7 Å². The minimum Gasteiger partial charge on any atom is -0.332 e. The van der Waals surface area contributed by atoms with Crippen molar-refractivity contribution in [3.05, 3.63) is 76.2 Å². The fourth-order valence-corrected chi connectivity index (χ4v) is 4.28. The number of allylic oxidation sites excluding steroid dienone is 2. The molecule has 0 saturated heterocycles. The monoisotopic (exact) mass is 352 g/mol.